The molecule has 5 unspecified atom stereocenters. The molecule has 0 aromatic heterocycles. The van der Waals surface area contributed by atoms with E-state index in [4.69, 9.17) is 4.74 Å². The van der Waals surface area contributed by atoms with Crippen LogP contribution in [0.5, 0.6) is 0 Å². The largest absolute Gasteiger partial charge is 0.373 e. The first-order valence-electron chi connectivity index (χ1n) is 9.53. The summed E-state index contributed by atoms with van der Waals surface area (Å²) in [6, 6.07) is 0.641. The highest BCUT2D eigenvalue weighted by molar-refractivity contribution is 5.82. The number of hydrogen-bond donors (Lipinski definition) is 2. The first-order chi connectivity index (χ1) is 11.1. The maximum atomic E-state index is 12.3. The summed E-state index contributed by atoms with van der Waals surface area (Å²) in [5, 5.41) is 6.69. The third-order valence-corrected chi connectivity index (χ3v) is 5.62. The summed E-state index contributed by atoms with van der Waals surface area (Å²) < 4.78 is 5.76. The van der Waals surface area contributed by atoms with Crippen molar-refractivity contribution in [3.05, 3.63) is 0 Å². The van der Waals surface area contributed by atoms with Crippen molar-refractivity contribution in [2.75, 3.05) is 26.2 Å². The molecular weight excluding hydrogens is 290 g/mol. The summed E-state index contributed by atoms with van der Waals surface area (Å²) in [7, 11) is 0. The molecule has 5 atom stereocenters. The van der Waals surface area contributed by atoms with Crippen LogP contribution in [0.1, 0.15) is 52.4 Å². The number of ether oxygens (including phenoxy) is 1. The van der Waals surface area contributed by atoms with Crippen molar-refractivity contribution in [1.82, 2.24) is 15.5 Å². The van der Waals surface area contributed by atoms with Crippen molar-refractivity contribution in [3.63, 3.8) is 0 Å². The minimum Gasteiger partial charge on any atom is -0.373 e. The van der Waals surface area contributed by atoms with Gasteiger partial charge in [-0.2, -0.15) is 0 Å². The van der Waals surface area contributed by atoms with Gasteiger partial charge in [0.15, 0.2) is 0 Å². The van der Waals surface area contributed by atoms with Crippen LogP contribution in [0.4, 0.5) is 0 Å². The zero-order chi connectivity index (χ0) is 16.2. The standard InChI is InChI=1S/C18H33N3O2/c1-13-11-21(12-14(2)23-13)9-5-8-19-18(22)17-10-15-6-3-4-7-16(15)20-17/h13-17,20H,3-12H2,1-2H3,(H,19,22). The molecule has 0 bridgehead atoms. The Labute approximate surface area is 140 Å². The van der Waals surface area contributed by atoms with E-state index in [9.17, 15) is 4.79 Å². The minimum atomic E-state index is 0.0477. The fourth-order valence-corrected chi connectivity index (χ4v) is 4.63. The van der Waals surface area contributed by atoms with Gasteiger partial charge in [0, 0.05) is 32.2 Å². The third kappa shape index (κ3) is 4.68. The SMILES string of the molecule is CC1CN(CCCNC(=O)C2CC3CCCCC3N2)CC(C)O1. The van der Waals surface area contributed by atoms with Gasteiger partial charge in [0.05, 0.1) is 18.2 Å². The Kier molecular flexibility index (Phi) is 5.94. The molecule has 1 amide bonds. The van der Waals surface area contributed by atoms with Crippen LogP contribution in [0.25, 0.3) is 0 Å². The summed E-state index contributed by atoms with van der Waals surface area (Å²) in [6.07, 6.45) is 7.90. The average molecular weight is 323 g/mol. The van der Waals surface area contributed by atoms with Crippen LogP contribution in [-0.4, -0.2) is 61.3 Å². The lowest BCUT2D eigenvalue weighted by Crippen LogP contribution is -2.47. The van der Waals surface area contributed by atoms with Crippen molar-refractivity contribution in [2.24, 2.45) is 5.92 Å². The van der Waals surface area contributed by atoms with Gasteiger partial charge in [-0.3, -0.25) is 9.69 Å². The smallest absolute Gasteiger partial charge is 0.237 e. The van der Waals surface area contributed by atoms with E-state index in [1.807, 2.05) is 0 Å². The van der Waals surface area contributed by atoms with Crippen LogP contribution in [0.3, 0.4) is 0 Å². The van der Waals surface area contributed by atoms with E-state index in [0.29, 0.717) is 18.2 Å². The third-order valence-electron chi connectivity index (χ3n) is 5.62. The van der Waals surface area contributed by atoms with Crippen LogP contribution in [-0.2, 0) is 9.53 Å². The van der Waals surface area contributed by atoms with Gasteiger partial charge in [-0.25, -0.2) is 0 Å². The monoisotopic (exact) mass is 323 g/mol. The van der Waals surface area contributed by atoms with E-state index < -0.39 is 0 Å². The lowest BCUT2D eigenvalue weighted by molar-refractivity contribution is -0.123. The number of nitrogens with zero attached hydrogens (tertiary/aromatic N) is 1. The van der Waals surface area contributed by atoms with Crippen molar-refractivity contribution < 1.29 is 9.53 Å². The van der Waals surface area contributed by atoms with E-state index >= 15 is 0 Å². The van der Waals surface area contributed by atoms with E-state index in [1.165, 1.54) is 25.7 Å². The van der Waals surface area contributed by atoms with Crippen LogP contribution in [0.15, 0.2) is 0 Å². The highest BCUT2D eigenvalue weighted by Crippen LogP contribution is 2.33. The molecule has 2 aliphatic heterocycles. The molecule has 3 aliphatic rings. The number of carbonyl (C=O) groups excluding carboxylic acids is 1. The molecule has 132 valence electrons. The second-order valence-electron chi connectivity index (χ2n) is 7.77. The summed E-state index contributed by atoms with van der Waals surface area (Å²) in [5.41, 5.74) is 0. The maximum absolute atomic E-state index is 12.3. The molecule has 1 saturated carbocycles. The van der Waals surface area contributed by atoms with E-state index in [0.717, 1.165) is 44.9 Å². The van der Waals surface area contributed by atoms with Gasteiger partial charge in [-0.15, -0.1) is 0 Å². The molecule has 3 rings (SSSR count). The molecule has 0 radical (unpaired) electrons. The second kappa shape index (κ2) is 7.95. The highest BCUT2D eigenvalue weighted by Gasteiger charge is 2.37. The Bertz CT molecular complexity index is 380. The lowest BCUT2D eigenvalue weighted by atomic mass is 9.85. The highest BCUT2D eigenvalue weighted by atomic mass is 16.5. The van der Waals surface area contributed by atoms with Crippen molar-refractivity contribution in [3.8, 4) is 0 Å². The number of hydrogen-bond acceptors (Lipinski definition) is 4. The fraction of sp³-hybridized carbons (Fsp3) is 0.944. The Balaban J connectivity index is 1.32. The number of fused-ring (bicyclic) bond motifs is 1. The second-order valence-corrected chi connectivity index (χ2v) is 7.77. The normalized spacial score (nSPS) is 38.3. The molecule has 23 heavy (non-hydrogen) atoms. The van der Waals surface area contributed by atoms with Gasteiger partial charge >= 0.3 is 0 Å². The van der Waals surface area contributed by atoms with Gasteiger partial charge in [0.2, 0.25) is 5.91 Å². The molecule has 0 spiro atoms. The van der Waals surface area contributed by atoms with Crippen LogP contribution >= 0.6 is 0 Å². The fourth-order valence-electron chi connectivity index (χ4n) is 4.63. The lowest BCUT2D eigenvalue weighted by Gasteiger charge is -2.35. The van der Waals surface area contributed by atoms with Crippen LogP contribution in [0, 0.1) is 5.92 Å². The molecule has 5 heteroatoms. The number of rotatable bonds is 5. The molecule has 3 fully saturated rings. The Morgan fingerprint density at radius 2 is 1.96 bits per heavy atom. The van der Waals surface area contributed by atoms with Crippen LogP contribution in [0.2, 0.25) is 0 Å². The zero-order valence-corrected chi connectivity index (χ0v) is 14.7. The predicted molar refractivity (Wildman–Crippen MR) is 91.4 cm³/mol. The first-order valence-corrected chi connectivity index (χ1v) is 9.53. The molecule has 2 N–H and O–H groups in total. The molecular formula is C18H33N3O2. The van der Waals surface area contributed by atoms with E-state index in [-0.39, 0.29) is 11.9 Å². The molecule has 5 nitrogen and oxygen atoms in total. The number of carbonyl (C=O) groups is 1. The Hall–Kier alpha value is -0.650. The topological polar surface area (TPSA) is 53.6 Å². The molecule has 0 aromatic carbocycles. The maximum Gasteiger partial charge on any atom is 0.237 e. The predicted octanol–water partition coefficient (Wildman–Crippen LogP) is 1.52. The quantitative estimate of drug-likeness (QED) is 0.753. The summed E-state index contributed by atoms with van der Waals surface area (Å²) in [5.74, 6) is 0.943. The molecule has 1 aliphatic carbocycles. The Morgan fingerprint density at radius 1 is 1.22 bits per heavy atom. The van der Waals surface area contributed by atoms with Gasteiger partial charge in [0.1, 0.15) is 0 Å². The van der Waals surface area contributed by atoms with Crippen LogP contribution < -0.4 is 10.6 Å². The summed E-state index contributed by atoms with van der Waals surface area (Å²) >= 11 is 0. The van der Waals surface area contributed by atoms with Crippen molar-refractivity contribution in [2.45, 2.75) is 76.7 Å². The van der Waals surface area contributed by atoms with Gasteiger partial charge in [-0.1, -0.05) is 12.8 Å². The number of amides is 1. The van der Waals surface area contributed by atoms with Crippen molar-refractivity contribution >= 4 is 5.91 Å². The van der Waals surface area contributed by atoms with Crippen molar-refractivity contribution in [1.29, 1.82) is 0 Å². The first kappa shape index (κ1) is 17.2. The molecule has 2 saturated heterocycles. The molecule has 0 aromatic rings. The van der Waals surface area contributed by atoms with Gasteiger partial charge < -0.3 is 15.4 Å². The summed E-state index contributed by atoms with van der Waals surface area (Å²) in [4.78, 5) is 14.8. The summed E-state index contributed by atoms with van der Waals surface area (Å²) in [6.45, 7) is 8.11. The number of nitrogens with one attached hydrogen (secondary N) is 2. The molecule has 2 heterocycles. The van der Waals surface area contributed by atoms with E-state index in [2.05, 4.69) is 29.4 Å². The van der Waals surface area contributed by atoms with Gasteiger partial charge in [0.25, 0.3) is 0 Å². The van der Waals surface area contributed by atoms with Gasteiger partial charge in [-0.05, 0) is 45.4 Å². The van der Waals surface area contributed by atoms with E-state index in [1.54, 1.807) is 0 Å². The minimum absolute atomic E-state index is 0.0477. The number of morpholine rings is 1. The zero-order valence-electron chi connectivity index (χ0n) is 14.7. The Morgan fingerprint density at radius 3 is 2.70 bits per heavy atom. The average Bonchev–Trinajstić information content (AvgIpc) is 2.94.